The Balaban J connectivity index is 1.88. The summed E-state index contributed by atoms with van der Waals surface area (Å²) < 4.78 is 11.0. The Morgan fingerprint density at radius 3 is 2.57 bits per heavy atom. The Hall–Kier alpha value is -1.22. The average Bonchev–Trinajstić information content (AvgIpc) is 3.08. The number of hydrogen-bond acceptors (Lipinski definition) is 3. The molecule has 2 atom stereocenters. The summed E-state index contributed by atoms with van der Waals surface area (Å²) in [5.41, 5.74) is 1.37. The van der Waals surface area contributed by atoms with Crippen molar-refractivity contribution in [2.75, 3.05) is 27.3 Å². The summed E-state index contributed by atoms with van der Waals surface area (Å²) in [5.74, 6) is 4.12. The second-order valence-corrected chi connectivity index (χ2v) is 6.42. The first-order chi connectivity index (χ1) is 10.3. The number of rotatable bonds is 4. The molecule has 2 aliphatic rings. The molecule has 0 amide bonds. The molecule has 1 saturated carbocycles. The van der Waals surface area contributed by atoms with Gasteiger partial charge in [0.2, 0.25) is 0 Å². The molecule has 1 saturated heterocycles. The molecule has 0 aromatic heterocycles. The molecule has 1 aliphatic heterocycles. The van der Waals surface area contributed by atoms with Crippen molar-refractivity contribution in [2.24, 2.45) is 11.8 Å². The minimum atomic E-state index is 0.621. The van der Waals surface area contributed by atoms with Crippen LogP contribution in [0.2, 0.25) is 0 Å². The van der Waals surface area contributed by atoms with Crippen LogP contribution in [0.3, 0.4) is 0 Å². The highest BCUT2D eigenvalue weighted by molar-refractivity contribution is 5.43. The van der Waals surface area contributed by atoms with Gasteiger partial charge in [0, 0.05) is 6.07 Å². The Morgan fingerprint density at radius 1 is 1.05 bits per heavy atom. The molecule has 0 radical (unpaired) electrons. The monoisotopic (exact) mass is 289 g/mol. The number of nitrogens with one attached hydrogen (secondary N) is 1. The van der Waals surface area contributed by atoms with Crippen molar-refractivity contribution >= 4 is 0 Å². The molecule has 21 heavy (non-hydrogen) atoms. The summed E-state index contributed by atoms with van der Waals surface area (Å²) in [6, 6.07) is 6.32. The quantitative estimate of drug-likeness (QED) is 0.919. The van der Waals surface area contributed by atoms with Crippen LogP contribution in [-0.4, -0.2) is 27.3 Å². The van der Waals surface area contributed by atoms with Gasteiger partial charge >= 0.3 is 0 Å². The summed E-state index contributed by atoms with van der Waals surface area (Å²) in [6.07, 6.45) is 6.84. The summed E-state index contributed by atoms with van der Waals surface area (Å²) in [6.45, 7) is 2.27. The van der Waals surface area contributed by atoms with Crippen molar-refractivity contribution < 1.29 is 9.47 Å². The zero-order valence-electron chi connectivity index (χ0n) is 13.2. The minimum Gasteiger partial charge on any atom is -0.497 e. The van der Waals surface area contributed by atoms with Crippen molar-refractivity contribution in [3.63, 3.8) is 0 Å². The van der Waals surface area contributed by atoms with E-state index in [9.17, 15) is 0 Å². The smallest absolute Gasteiger partial charge is 0.126 e. The number of ether oxygens (including phenoxy) is 2. The van der Waals surface area contributed by atoms with Crippen LogP contribution in [0.25, 0.3) is 0 Å². The largest absolute Gasteiger partial charge is 0.497 e. The second kappa shape index (κ2) is 6.69. The van der Waals surface area contributed by atoms with Crippen molar-refractivity contribution in [3.05, 3.63) is 23.8 Å². The van der Waals surface area contributed by atoms with Gasteiger partial charge in [-0.2, -0.15) is 0 Å². The van der Waals surface area contributed by atoms with Crippen LogP contribution in [0.4, 0.5) is 0 Å². The van der Waals surface area contributed by atoms with E-state index in [-0.39, 0.29) is 0 Å². The van der Waals surface area contributed by atoms with E-state index >= 15 is 0 Å². The predicted molar refractivity (Wildman–Crippen MR) is 85.2 cm³/mol. The molecule has 116 valence electrons. The molecule has 2 unspecified atom stereocenters. The lowest BCUT2D eigenvalue weighted by Crippen LogP contribution is -2.38. The first kappa shape index (κ1) is 14.7. The molecule has 1 aromatic rings. The maximum Gasteiger partial charge on any atom is 0.126 e. The molecule has 0 bridgehead atoms. The van der Waals surface area contributed by atoms with E-state index < -0.39 is 0 Å². The normalized spacial score (nSPS) is 26.8. The average molecular weight is 289 g/mol. The van der Waals surface area contributed by atoms with Crippen LogP contribution in [0, 0.1) is 11.8 Å². The standard InChI is InChI=1S/C18H27NO2/c1-20-14-7-8-16(18(11-14)21-2)15-9-10-19-12-17(15)13-5-3-4-6-13/h7-8,11,13,15,17,19H,3-6,9-10,12H2,1-2H3. The van der Waals surface area contributed by atoms with E-state index in [1.165, 1.54) is 37.7 Å². The summed E-state index contributed by atoms with van der Waals surface area (Å²) >= 11 is 0. The van der Waals surface area contributed by atoms with Crippen LogP contribution in [-0.2, 0) is 0 Å². The Bertz CT molecular complexity index is 468. The fraction of sp³-hybridized carbons (Fsp3) is 0.667. The van der Waals surface area contributed by atoms with Crippen LogP contribution in [0.15, 0.2) is 18.2 Å². The summed E-state index contributed by atoms with van der Waals surface area (Å²) in [5, 5.41) is 3.61. The molecular weight excluding hydrogens is 262 g/mol. The van der Waals surface area contributed by atoms with Crippen LogP contribution >= 0.6 is 0 Å². The van der Waals surface area contributed by atoms with E-state index in [2.05, 4.69) is 17.4 Å². The van der Waals surface area contributed by atoms with Gasteiger partial charge in [-0.25, -0.2) is 0 Å². The van der Waals surface area contributed by atoms with E-state index in [0.29, 0.717) is 5.92 Å². The highest BCUT2D eigenvalue weighted by Gasteiger charge is 2.35. The van der Waals surface area contributed by atoms with Crippen LogP contribution in [0.1, 0.15) is 43.6 Å². The number of methoxy groups -OCH3 is 2. The number of benzene rings is 1. The highest BCUT2D eigenvalue weighted by Crippen LogP contribution is 2.44. The van der Waals surface area contributed by atoms with Crippen LogP contribution < -0.4 is 14.8 Å². The van der Waals surface area contributed by atoms with Gasteiger partial charge in [-0.3, -0.25) is 0 Å². The second-order valence-electron chi connectivity index (χ2n) is 6.42. The third-order valence-corrected chi connectivity index (χ3v) is 5.37. The van der Waals surface area contributed by atoms with E-state index in [1.807, 2.05) is 6.07 Å². The lowest BCUT2D eigenvalue weighted by atomic mass is 9.73. The van der Waals surface area contributed by atoms with Gasteiger partial charge in [0.05, 0.1) is 14.2 Å². The molecule has 2 fully saturated rings. The molecular formula is C18H27NO2. The lowest BCUT2D eigenvalue weighted by Gasteiger charge is -2.37. The van der Waals surface area contributed by atoms with Gasteiger partial charge in [-0.05, 0) is 48.9 Å². The first-order valence-electron chi connectivity index (χ1n) is 8.26. The SMILES string of the molecule is COc1ccc(C2CCNCC2C2CCCC2)c(OC)c1. The summed E-state index contributed by atoms with van der Waals surface area (Å²) in [4.78, 5) is 0. The van der Waals surface area contributed by atoms with Crippen LogP contribution in [0.5, 0.6) is 11.5 Å². The Kier molecular flexibility index (Phi) is 4.69. The van der Waals surface area contributed by atoms with Gasteiger partial charge in [-0.1, -0.05) is 31.7 Å². The maximum absolute atomic E-state index is 5.65. The first-order valence-corrected chi connectivity index (χ1v) is 8.26. The third-order valence-electron chi connectivity index (χ3n) is 5.37. The van der Waals surface area contributed by atoms with Gasteiger partial charge in [0.25, 0.3) is 0 Å². The fourth-order valence-corrected chi connectivity index (χ4v) is 4.27. The molecule has 1 aromatic carbocycles. The molecule has 1 N–H and O–H groups in total. The fourth-order valence-electron chi connectivity index (χ4n) is 4.27. The Morgan fingerprint density at radius 2 is 1.86 bits per heavy atom. The van der Waals surface area contributed by atoms with Crippen molar-refractivity contribution in [1.29, 1.82) is 0 Å². The molecule has 0 spiro atoms. The van der Waals surface area contributed by atoms with Crippen molar-refractivity contribution in [3.8, 4) is 11.5 Å². The van der Waals surface area contributed by atoms with Crippen molar-refractivity contribution in [2.45, 2.75) is 38.0 Å². The summed E-state index contributed by atoms with van der Waals surface area (Å²) in [7, 11) is 3.48. The molecule has 1 aliphatic carbocycles. The van der Waals surface area contributed by atoms with E-state index in [4.69, 9.17) is 9.47 Å². The highest BCUT2D eigenvalue weighted by atomic mass is 16.5. The maximum atomic E-state index is 5.65. The predicted octanol–water partition coefficient (Wildman–Crippen LogP) is 3.59. The van der Waals surface area contributed by atoms with Gasteiger partial charge in [0.1, 0.15) is 11.5 Å². The van der Waals surface area contributed by atoms with E-state index in [0.717, 1.165) is 36.4 Å². The van der Waals surface area contributed by atoms with Gasteiger partial charge < -0.3 is 14.8 Å². The molecule has 3 nitrogen and oxygen atoms in total. The molecule has 3 heteroatoms. The topological polar surface area (TPSA) is 30.5 Å². The van der Waals surface area contributed by atoms with Gasteiger partial charge in [-0.15, -0.1) is 0 Å². The Labute approximate surface area is 128 Å². The van der Waals surface area contributed by atoms with Crippen molar-refractivity contribution in [1.82, 2.24) is 5.32 Å². The number of hydrogen-bond donors (Lipinski definition) is 1. The van der Waals surface area contributed by atoms with E-state index in [1.54, 1.807) is 14.2 Å². The third kappa shape index (κ3) is 3.03. The molecule has 3 rings (SSSR count). The zero-order valence-corrected chi connectivity index (χ0v) is 13.2. The van der Waals surface area contributed by atoms with Gasteiger partial charge in [0.15, 0.2) is 0 Å². The zero-order chi connectivity index (χ0) is 14.7. The number of piperidine rings is 1. The molecule has 1 heterocycles. The lowest BCUT2D eigenvalue weighted by molar-refractivity contribution is 0.227. The minimum absolute atomic E-state index is 0.621.